The van der Waals surface area contributed by atoms with E-state index in [0.29, 0.717) is 18.6 Å². The van der Waals surface area contributed by atoms with Gasteiger partial charge in [-0.05, 0) is 31.9 Å². The van der Waals surface area contributed by atoms with Crippen molar-refractivity contribution in [3.63, 3.8) is 0 Å². The van der Waals surface area contributed by atoms with Crippen LogP contribution in [0.1, 0.15) is 19.8 Å². The SMILES string of the molecule is CCS(=O)(=O)NCC1(COc2ccccc2)CC(O)C(O)C1. The summed E-state index contributed by atoms with van der Waals surface area (Å²) in [5, 5.41) is 19.7. The smallest absolute Gasteiger partial charge is 0.211 e. The zero-order valence-corrected chi connectivity index (χ0v) is 13.4. The van der Waals surface area contributed by atoms with E-state index in [4.69, 9.17) is 4.74 Å². The summed E-state index contributed by atoms with van der Waals surface area (Å²) in [7, 11) is -3.33. The molecule has 0 aliphatic heterocycles. The Balaban J connectivity index is 2.06. The monoisotopic (exact) mass is 329 g/mol. The van der Waals surface area contributed by atoms with Gasteiger partial charge in [0.15, 0.2) is 0 Å². The Morgan fingerprint density at radius 1 is 1.23 bits per heavy atom. The van der Waals surface area contributed by atoms with Crippen LogP contribution >= 0.6 is 0 Å². The zero-order chi connectivity index (χ0) is 16.2. The molecule has 2 unspecified atom stereocenters. The third kappa shape index (κ3) is 4.42. The number of rotatable bonds is 7. The summed E-state index contributed by atoms with van der Waals surface area (Å²) < 4.78 is 31.6. The van der Waals surface area contributed by atoms with Crippen molar-refractivity contribution in [3.05, 3.63) is 30.3 Å². The molecule has 3 N–H and O–H groups in total. The van der Waals surface area contributed by atoms with Gasteiger partial charge in [0.1, 0.15) is 5.75 Å². The van der Waals surface area contributed by atoms with Gasteiger partial charge in [-0.25, -0.2) is 13.1 Å². The summed E-state index contributed by atoms with van der Waals surface area (Å²) in [6.07, 6.45) is -1.11. The van der Waals surface area contributed by atoms with Crippen LogP contribution in [0.15, 0.2) is 30.3 Å². The third-order valence-corrected chi connectivity index (χ3v) is 5.41. The Kier molecular flexibility index (Phi) is 5.44. The van der Waals surface area contributed by atoms with Crippen molar-refractivity contribution < 1.29 is 23.4 Å². The molecule has 124 valence electrons. The second kappa shape index (κ2) is 6.95. The average molecular weight is 329 g/mol. The molecule has 1 fully saturated rings. The molecule has 7 heteroatoms. The van der Waals surface area contributed by atoms with Crippen LogP contribution in [0, 0.1) is 5.41 Å². The van der Waals surface area contributed by atoms with Gasteiger partial charge in [0.25, 0.3) is 0 Å². The number of aliphatic hydroxyl groups excluding tert-OH is 2. The molecular formula is C15H23NO5S. The van der Waals surface area contributed by atoms with E-state index in [2.05, 4.69) is 4.72 Å². The van der Waals surface area contributed by atoms with E-state index in [1.54, 1.807) is 6.92 Å². The minimum absolute atomic E-state index is 0.00622. The lowest BCUT2D eigenvalue weighted by Gasteiger charge is -2.29. The molecule has 0 heterocycles. The van der Waals surface area contributed by atoms with E-state index in [1.165, 1.54) is 0 Å². The Hall–Kier alpha value is -1.15. The first-order valence-corrected chi connectivity index (χ1v) is 9.02. The lowest BCUT2D eigenvalue weighted by atomic mass is 9.87. The second-order valence-corrected chi connectivity index (χ2v) is 7.96. The van der Waals surface area contributed by atoms with E-state index in [0.717, 1.165) is 0 Å². The summed E-state index contributed by atoms with van der Waals surface area (Å²) >= 11 is 0. The van der Waals surface area contributed by atoms with Crippen LogP contribution in [0.4, 0.5) is 0 Å². The number of hydrogen-bond donors (Lipinski definition) is 3. The van der Waals surface area contributed by atoms with Gasteiger partial charge >= 0.3 is 0 Å². The van der Waals surface area contributed by atoms with Crippen molar-refractivity contribution in [2.24, 2.45) is 5.41 Å². The second-order valence-electron chi connectivity index (χ2n) is 5.87. The van der Waals surface area contributed by atoms with E-state index >= 15 is 0 Å². The van der Waals surface area contributed by atoms with E-state index in [1.807, 2.05) is 30.3 Å². The Morgan fingerprint density at radius 3 is 2.36 bits per heavy atom. The average Bonchev–Trinajstić information content (AvgIpc) is 2.80. The molecule has 6 nitrogen and oxygen atoms in total. The first-order valence-electron chi connectivity index (χ1n) is 7.37. The minimum atomic E-state index is -3.33. The van der Waals surface area contributed by atoms with Crippen LogP contribution in [0.3, 0.4) is 0 Å². The quantitative estimate of drug-likeness (QED) is 0.677. The van der Waals surface area contributed by atoms with Crippen LogP contribution < -0.4 is 9.46 Å². The molecule has 1 aliphatic rings. The fourth-order valence-electron chi connectivity index (χ4n) is 2.67. The maximum atomic E-state index is 11.7. The Labute approximate surface area is 131 Å². The van der Waals surface area contributed by atoms with Crippen LogP contribution in [-0.2, 0) is 10.0 Å². The van der Waals surface area contributed by atoms with E-state index in [9.17, 15) is 18.6 Å². The number of hydrogen-bond acceptors (Lipinski definition) is 5. The number of sulfonamides is 1. The molecule has 0 amide bonds. The van der Waals surface area contributed by atoms with E-state index < -0.39 is 27.6 Å². The van der Waals surface area contributed by atoms with Gasteiger partial charge in [0.2, 0.25) is 10.0 Å². The number of ether oxygens (including phenoxy) is 1. The fourth-order valence-corrected chi connectivity index (χ4v) is 3.40. The normalized spacial score (nSPS) is 28.7. The van der Waals surface area contributed by atoms with Gasteiger partial charge in [-0.1, -0.05) is 18.2 Å². The molecule has 1 saturated carbocycles. The first kappa shape index (κ1) is 17.2. The van der Waals surface area contributed by atoms with Crippen molar-refractivity contribution >= 4 is 10.0 Å². The molecule has 1 aromatic carbocycles. The van der Waals surface area contributed by atoms with Gasteiger partial charge < -0.3 is 14.9 Å². The maximum Gasteiger partial charge on any atom is 0.211 e. The van der Waals surface area contributed by atoms with Crippen molar-refractivity contribution in [1.29, 1.82) is 0 Å². The van der Waals surface area contributed by atoms with Gasteiger partial charge in [0, 0.05) is 12.0 Å². The van der Waals surface area contributed by atoms with Gasteiger partial charge in [-0.3, -0.25) is 0 Å². The lowest BCUT2D eigenvalue weighted by molar-refractivity contribution is 0.0438. The van der Waals surface area contributed by atoms with E-state index in [-0.39, 0.29) is 18.9 Å². The number of para-hydroxylation sites is 1. The molecule has 0 radical (unpaired) electrons. The predicted molar refractivity (Wildman–Crippen MR) is 83.1 cm³/mol. The number of benzene rings is 1. The molecule has 1 aliphatic carbocycles. The summed E-state index contributed by atoms with van der Waals surface area (Å²) in [6, 6.07) is 9.19. The van der Waals surface area contributed by atoms with Crippen LogP contribution in [-0.4, -0.2) is 49.7 Å². The lowest BCUT2D eigenvalue weighted by Crippen LogP contribution is -2.41. The summed E-state index contributed by atoms with van der Waals surface area (Å²) in [6.45, 7) is 1.94. The highest BCUT2D eigenvalue weighted by molar-refractivity contribution is 7.89. The number of aliphatic hydroxyl groups is 2. The molecule has 0 spiro atoms. The largest absolute Gasteiger partial charge is 0.493 e. The highest BCUT2D eigenvalue weighted by atomic mass is 32.2. The summed E-state index contributed by atoms with van der Waals surface area (Å²) in [5.74, 6) is 0.671. The molecule has 2 rings (SSSR count). The van der Waals surface area contributed by atoms with Crippen molar-refractivity contribution in [2.75, 3.05) is 18.9 Å². The van der Waals surface area contributed by atoms with Crippen molar-refractivity contribution in [3.8, 4) is 5.75 Å². The van der Waals surface area contributed by atoms with Gasteiger partial charge in [-0.15, -0.1) is 0 Å². The standard InChI is InChI=1S/C15H23NO5S/c1-2-22(19,20)16-10-15(8-13(17)14(18)9-15)11-21-12-6-4-3-5-7-12/h3-7,13-14,16-18H,2,8-11H2,1H3. The molecule has 1 aromatic rings. The van der Waals surface area contributed by atoms with Gasteiger partial charge in [0.05, 0.1) is 24.6 Å². The van der Waals surface area contributed by atoms with Gasteiger partial charge in [-0.2, -0.15) is 0 Å². The van der Waals surface area contributed by atoms with Crippen molar-refractivity contribution in [1.82, 2.24) is 4.72 Å². The third-order valence-electron chi connectivity index (χ3n) is 4.06. The fraction of sp³-hybridized carbons (Fsp3) is 0.600. The van der Waals surface area contributed by atoms with Crippen molar-refractivity contribution in [2.45, 2.75) is 32.0 Å². The van der Waals surface area contributed by atoms with Crippen LogP contribution in [0.2, 0.25) is 0 Å². The highest BCUT2D eigenvalue weighted by Crippen LogP contribution is 2.38. The maximum absolute atomic E-state index is 11.7. The zero-order valence-electron chi connectivity index (χ0n) is 12.6. The highest BCUT2D eigenvalue weighted by Gasteiger charge is 2.45. The molecule has 0 saturated heterocycles. The molecule has 0 aromatic heterocycles. The summed E-state index contributed by atoms with van der Waals surface area (Å²) in [4.78, 5) is 0. The first-order chi connectivity index (χ1) is 10.4. The Morgan fingerprint density at radius 2 is 1.82 bits per heavy atom. The molecule has 22 heavy (non-hydrogen) atoms. The van der Waals surface area contributed by atoms with Crippen LogP contribution in [0.25, 0.3) is 0 Å². The topological polar surface area (TPSA) is 95.9 Å². The predicted octanol–water partition coefficient (Wildman–Crippen LogP) is 0.507. The summed E-state index contributed by atoms with van der Waals surface area (Å²) in [5.41, 5.74) is -0.614. The molecular weight excluding hydrogens is 306 g/mol. The molecule has 2 atom stereocenters. The minimum Gasteiger partial charge on any atom is -0.493 e. The molecule has 0 bridgehead atoms. The Bertz CT molecular complexity index is 565. The number of nitrogens with one attached hydrogen (secondary N) is 1. The van der Waals surface area contributed by atoms with Crippen LogP contribution in [0.5, 0.6) is 5.75 Å².